The fraction of sp³-hybridized carbons (Fsp3) is 0.811. The van der Waals surface area contributed by atoms with Crippen molar-refractivity contribution in [2.75, 3.05) is 132 Å². The van der Waals surface area contributed by atoms with Gasteiger partial charge < -0.3 is 64.0 Å². The second kappa shape index (κ2) is 28.3. The molecule has 0 aromatic carbocycles. The van der Waals surface area contributed by atoms with Crippen LogP contribution in [0.3, 0.4) is 0 Å². The Morgan fingerprint density at radius 1 is 0.719 bits per heavy atom. The molecule has 5 N–H and O–H groups in total. The third kappa shape index (κ3) is 19.0. The van der Waals surface area contributed by atoms with Crippen LogP contribution in [0.1, 0.15) is 32.6 Å². The summed E-state index contributed by atoms with van der Waals surface area (Å²) in [5, 5.41) is 35.2. The van der Waals surface area contributed by atoms with Crippen molar-refractivity contribution in [2.45, 2.75) is 63.1 Å². The minimum absolute atomic E-state index is 0.0354. The molecule has 0 radical (unpaired) electrons. The van der Waals surface area contributed by atoms with Gasteiger partial charge in [0.1, 0.15) is 18.3 Å². The summed E-state index contributed by atoms with van der Waals surface area (Å²) in [4.78, 5) is 64.5. The van der Waals surface area contributed by atoms with E-state index in [9.17, 15) is 39.3 Å². The van der Waals surface area contributed by atoms with Crippen LogP contribution >= 0.6 is 0 Å². The maximum atomic E-state index is 12.5. The third-order valence-electron chi connectivity index (χ3n) is 9.43. The van der Waals surface area contributed by atoms with Gasteiger partial charge in [0.25, 0.3) is 11.8 Å². The molecule has 0 unspecified atom stereocenters. The van der Waals surface area contributed by atoms with E-state index in [0.29, 0.717) is 138 Å². The summed E-state index contributed by atoms with van der Waals surface area (Å²) < 4.78 is 38.7. The van der Waals surface area contributed by atoms with Crippen LogP contribution in [0.4, 0.5) is 0 Å². The number of aliphatic hydroxyl groups excluding tert-OH is 3. The Bertz CT molecular complexity index is 1220. The summed E-state index contributed by atoms with van der Waals surface area (Å²) in [7, 11) is 0. The Labute approximate surface area is 334 Å². The molecule has 3 rings (SSSR count). The predicted octanol–water partition coefficient (Wildman–Crippen LogP) is -3.18. The number of piperazine rings is 1. The second-order valence-corrected chi connectivity index (χ2v) is 13.7. The Balaban J connectivity index is 1.02. The molecule has 0 bridgehead atoms. The van der Waals surface area contributed by atoms with Crippen molar-refractivity contribution in [3.05, 3.63) is 12.2 Å². The monoisotopic (exact) mass is 817 g/mol. The van der Waals surface area contributed by atoms with E-state index >= 15 is 0 Å². The van der Waals surface area contributed by atoms with Gasteiger partial charge in [0, 0.05) is 77.9 Å². The largest absolute Gasteiger partial charge is 0.394 e. The molecule has 20 heteroatoms. The number of aliphatic hydroxyl groups is 3. The Kier molecular flexibility index (Phi) is 23.9. The first kappa shape index (κ1) is 48.2. The van der Waals surface area contributed by atoms with Crippen molar-refractivity contribution >= 4 is 29.5 Å². The van der Waals surface area contributed by atoms with E-state index < -0.39 is 37.1 Å². The summed E-state index contributed by atoms with van der Waals surface area (Å²) in [6.45, 7) is 8.93. The third-order valence-corrected chi connectivity index (χ3v) is 9.43. The van der Waals surface area contributed by atoms with Crippen LogP contribution in [0.15, 0.2) is 12.2 Å². The first-order valence-electron chi connectivity index (χ1n) is 19.8. The molecule has 0 saturated carbocycles. The Morgan fingerprint density at radius 2 is 1.26 bits per heavy atom. The zero-order valence-corrected chi connectivity index (χ0v) is 33.1. The highest BCUT2D eigenvalue weighted by molar-refractivity contribution is 6.12. The Morgan fingerprint density at radius 3 is 1.84 bits per heavy atom. The van der Waals surface area contributed by atoms with E-state index in [0.717, 1.165) is 0 Å². The number of ether oxygens (including phenoxy) is 7. The number of hydrogen-bond acceptors (Lipinski definition) is 16. The van der Waals surface area contributed by atoms with Crippen molar-refractivity contribution in [3.8, 4) is 0 Å². The van der Waals surface area contributed by atoms with Crippen LogP contribution in [0.2, 0.25) is 0 Å². The van der Waals surface area contributed by atoms with Crippen LogP contribution < -0.4 is 10.6 Å². The molecule has 3 aliphatic rings. The summed E-state index contributed by atoms with van der Waals surface area (Å²) in [5.41, 5.74) is 0. The van der Waals surface area contributed by atoms with Gasteiger partial charge >= 0.3 is 0 Å². The van der Waals surface area contributed by atoms with Gasteiger partial charge in [-0.3, -0.25) is 33.8 Å². The first-order chi connectivity index (χ1) is 27.6. The average Bonchev–Trinajstić information content (AvgIpc) is 3.52. The van der Waals surface area contributed by atoms with Gasteiger partial charge in [-0.25, -0.2) is 0 Å². The van der Waals surface area contributed by atoms with Crippen LogP contribution in [-0.2, 0) is 57.1 Å². The van der Waals surface area contributed by atoms with Crippen molar-refractivity contribution in [1.29, 1.82) is 0 Å². The van der Waals surface area contributed by atoms with Gasteiger partial charge in [0.2, 0.25) is 17.7 Å². The smallest absolute Gasteiger partial charge is 0.253 e. The van der Waals surface area contributed by atoms with Crippen molar-refractivity contribution in [2.24, 2.45) is 0 Å². The SMILES string of the molecule is CC(=O)N[C@@H]1[C@@H](O)[C@H](O)[C@@H](CO)O[C@@H]1CCCOCCOCCNC(=O)CCOCCOCCOCCOCCC(=O)N1CCN(CCN2C(=O)C=CC2=O)CC1. The molecule has 0 aromatic rings. The molecule has 2 saturated heterocycles. The molecule has 0 spiro atoms. The van der Waals surface area contributed by atoms with Crippen molar-refractivity contribution in [1.82, 2.24) is 25.3 Å². The standard InChI is InChI=1S/C37H63N5O15/c1-28(44)39-35-29(57-30(27-43)36(49)37(35)50)3-2-15-51-19-22-54-18-8-38-31(45)6-16-52-20-23-55-25-26-56-24-21-53-17-7-32(46)41-12-9-40(10-13-41)11-14-42-33(47)4-5-34(42)48/h4-5,29-30,35-37,43,49-50H,2-3,6-27H2,1H3,(H,38,45)(H,39,44)/t29-,30-,35+,36-,37-/m1/s1. The van der Waals surface area contributed by atoms with Crippen LogP contribution in [0.5, 0.6) is 0 Å². The highest BCUT2D eigenvalue weighted by Crippen LogP contribution is 2.24. The Hall–Kier alpha value is -3.15. The molecular formula is C37H63N5O15. The fourth-order valence-electron chi connectivity index (χ4n) is 6.27. The lowest BCUT2D eigenvalue weighted by molar-refractivity contribution is -0.197. The molecule has 5 amide bonds. The predicted molar refractivity (Wildman–Crippen MR) is 201 cm³/mol. The number of hydrogen-bond donors (Lipinski definition) is 5. The number of nitrogens with zero attached hydrogens (tertiary/aromatic N) is 3. The average molecular weight is 818 g/mol. The minimum Gasteiger partial charge on any atom is -0.394 e. The molecule has 3 aliphatic heterocycles. The van der Waals surface area contributed by atoms with E-state index in [2.05, 4.69) is 15.5 Å². The molecule has 0 aromatic heterocycles. The van der Waals surface area contributed by atoms with Crippen molar-refractivity contribution < 1.29 is 72.5 Å². The molecular weight excluding hydrogens is 754 g/mol. The van der Waals surface area contributed by atoms with E-state index in [1.807, 2.05) is 4.90 Å². The highest BCUT2D eigenvalue weighted by atomic mass is 16.6. The van der Waals surface area contributed by atoms with E-state index in [-0.39, 0.29) is 42.6 Å². The van der Waals surface area contributed by atoms with E-state index in [4.69, 9.17) is 33.2 Å². The minimum atomic E-state index is -1.31. The lowest BCUT2D eigenvalue weighted by Gasteiger charge is -2.42. The van der Waals surface area contributed by atoms with Crippen LogP contribution in [0, 0.1) is 0 Å². The topological polar surface area (TPSA) is 244 Å². The van der Waals surface area contributed by atoms with E-state index in [1.54, 1.807) is 0 Å². The number of rotatable bonds is 30. The first-order valence-corrected chi connectivity index (χ1v) is 19.8. The number of carbonyl (C=O) groups is 5. The molecule has 2 fully saturated rings. The number of amides is 5. The quantitative estimate of drug-likeness (QED) is 0.0355. The van der Waals surface area contributed by atoms with Gasteiger partial charge in [0.05, 0.1) is 97.8 Å². The van der Waals surface area contributed by atoms with Gasteiger partial charge in [0.15, 0.2) is 0 Å². The van der Waals surface area contributed by atoms with Gasteiger partial charge in [-0.15, -0.1) is 0 Å². The summed E-state index contributed by atoms with van der Waals surface area (Å²) in [5.74, 6) is -1.04. The lowest BCUT2D eigenvalue weighted by Crippen LogP contribution is -2.63. The maximum absolute atomic E-state index is 12.5. The number of carbonyl (C=O) groups excluding carboxylic acids is 5. The molecule has 57 heavy (non-hydrogen) atoms. The molecule has 20 nitrogen and oxygen atoms in total. The lowest BCUT2D eigenvalue weighted by atomic mass is 9.90. The summed E-state index contributed by atoms with van der Waals surface area (Å²) in [6.07, 6.45) is -0.0232. The van der Waals surface area contributed by atoms with Crippen LogP contribution in [-0.4, -0.2) is 222 Å². The maximum Gasteiger partial charge on any atom is 0.253 e. The van der Waals surface area contributed by atoms with E-state index in [1.165, 1.54) is 24.0 Å². The molecule has 5 atom stereocenters. The second-order valence-electron chi connectivity index (χ2n) is 13.7. The number of nitrogens with one attached hydrogen (secondary N) is 2. The zero-order valence-electron chi connectivity index (χ0n) is 33.1. The summed E-state index contributed by atoms with van der Waals surface area (Å²) >= 11 is 0. The molecule has 326 valence electrons. The normalized spacial score (nSPS) is 22.7. The number of imide groups is 1. The summed E-state index contributed by atoms with van der Waals surface area (Å²) in [6, 6.07) is -0.796. The zero-order chi connectivity index (χ0) is 41.3. The van der Waals surface area contributed by atoms with Crippen molar-refractivity contribution in [3.63, 3.8) is 0 Å². The highest BCUT2D eigenvalue weighted by Gasteiger charge is 2.44. The fourth-order valence-corrected chi connectivity index (χ4v) is 6.27. The van der Waals surface area contributed by atoms with Gasteiger partial charge in [-0.05, 0) is 12.8 Å². The van der Waals surface area contributed by atoms with Crippen LogP contribution in [0.25, 0.3) is 0 Å². The molecule has 3 heterocycles. The van der Waals surface area contributed by atoms with Gasteiger partial charge in [-0.1, -0.05) is 0 Å². The van der Waals surface area contributed by atoms with Gasteiger partial charge in [-0.2, -0.15) is 0 Å². The molecule has 0 aliphatic carbocycles.